The van der Waals surface area contributed by atoms with Gasteiger partial charge in [-0.1, -0.05) is 0 Å². The summed E-state index contributed by atoms with van der Waals surface area (Å²) < 4.78 is 0. The number of aromatic nitrogens is 2. The minimum absolute atomic E-state index is 0.158. The van der Waals surface area contributed by atoms with Crippen molar-refractivity contribution in [1.29, 1.82) is 0 Å². The fraction of sp³-hybridized carbons (Fsp3) is 0.375. The molecule has 0 saturated carbocycles. The molecule has 8 heteroatoms. The standard InChI is InChI=1S/C16H19N5O2S/c1-9(15(23)20-16-12(14(17)22)4-6-24-16)21-5-3-11-7-18-10(2)19-13(11)8-21/h4,6-7,9H,3,5,8H2,1-2H3,(H2,17,22)(H,20,23). The fourth-order valence-corrected chi connectivity index (χ4v) is 3.53. The van der Waals surface area contributed by atoms with Gasteiger partial charge < -0.3 is 11.1 Å². The molecule has 24 heavy (non-hydrogen) atoms. The van der Waals surface area contributed by atoms with Crippen LogP contribution in [0.3, 0.4) is 0 Å². The van der Waals surface area contributed by atoms with Crippen molar-refractivity contribution in [3.63, 3.8) is 0 Å². The molecule has 0 bridgehead atoms. The van der Waals surface area contributed by atoms with E-state index in [-0.39, 0.29) is 11.9 Å². The molecule has 0 spiro atoms. The number of carbonyl (C=O) groups is 2. The van der Waals surface area contributed by atoms with Crippen LogP contribution in [-0.4, -0.2) is 39.3 Å². The van der Waals surface area contributed by atoms with E-state index in [4.69, 9.17) is 5.73 Å². The molecule has 2 amide bonds. The maximum atomic E-state index is 12.5. The van der Waals surface area contributed by atoms with Crippen molar-refractivity contribution < 1.29 is 9.59 Å². The van der Waals surface area contributed by atoms with Gasteiger partial charge in [0.15, 0.2) is 0 Å². The SMILES string of the molecule is Cc1ncc2c(n1)CN(C(C)C(=O)Nc1sccc1C(N)=O)CC2. The minimum Gasteiger partial charge on any atom is -0.366 e. The van der Waals surface area contributed by atoms with Gasteiger partial charge in [-0.2, -0.15) is 0 Å². The Kier molecular flexibility index (Phi) is 4.59. The number of carbonyl (C=O) groups excluding carboxylic acids is 2. The van der Waals surface area contributed by atoms with Gasteiger partial charge in [0.25, 0.3) is 5.91 Å². The van der Waals surface area contributed by atoms with Gasteiger partial charge in [0.2, 0.25) is 5.91 Å². The van der Waals surface area contributed by atoms with Crippen molar-refractivity contribution in [2.24, 2.45) is 5.73 Å². The van der Waals surface area contributed by atoms with Crippen LogP contribution >= 0.6 is 11.3 Å². The Balaban J connectivity index is 1.70. The molecule has 0 aliphatic carbocycles. The number of nitrogens with one attached hydrogen (secondary N) is 1. The Labute approximate surface area is 143 Å². The molecule has 1 aliphatic heterocycles. The van der Waals surface area contributed by atoms with Crippen LogP contribution in [-0.2, 0) is 17.8 Å². The lowest BCUT2D eigenvalue weighted by molar-refractivity contribution is -0.121. The highest BCUT2D eigenvalue weighted by Crippen LogP contribution is 2.24. The largest absolute Gasteiger partial charge is 0.366 e. The average molecular weight is 345 g/mol. The van der Waals surface area contributed by atoms with Crippen molar-refractivity contribution in [3.8, 4) is 0 Å². The monoisotopic (exact) mass is 345 g/mol. The number of aryl methyl sites for hydroxylation is 1. The number of fused-ring (bicyclic) bond motifs is 1. The lowest BCUT2D eigenvalue weighted by Gasteiger charge is -2.32. The van der Waals surface area contributed by atoms with E-state index in [1.807, 2.05) is 20.0 Å². The summed E-state index contributed by atoms with van der Waals surface area (Å²) in [7, 11) is 0. The molecule has 1 unspecified atom stereocenters. The Bertz CT molecular complexity index is 789. The second-order valence-electron chi connectivity index (χ2n) is 5.80. The molecule has 126 valence electrons. The van der Waals surface area contributed by atoms with Gasteiger partial charge in [-0.3, -0.25) is 14.5 Å². The van der Waals surface area contributed by atoms with Gasteiger partial charge in [0.1, 0.15) is 10.8 Å². The molecule has 0 radical (unpaired) electrons. The maximum Gasteiger partial charge on any atom is 0.251 e. The molecule has 3 heterocycles. The first-order valence-electron chi connectivity index (χ1n) is 7.69. The predicted octanol–water partition coefficient (Wildman–Crippen LogP) is 1.33. The Morgan fingerprint density at radius 3 is 3.00 bits per heavy atom. The zero-order chi connectivity index (χ0) is 17.3. The molecule has 3 N–H and O–H groups in total. The summed E-state index contributed by atoms with van der Waals surface area (Å²) in [5.74, 6) is 0.0323. The highest BCUT2D eigenvalue weighted by Gasteiger charge is 2.27. The van der Waals surface area contributed by atoms with Gasteiger partial charge in [-0.15, -0.1) is 11.3 Å². The van der Waals surface area contributed by atoms with E-state index in [1.54, 1.807) is 11.4 Å². The van der Waals surface area contributed by atoms with Gasteiger partial charge in [-0.25, -0.2) is 9.97 Å². The first kappa shape index (κ1) is 16.5. The number of primary amides is 1. The van der Waals surface area contributed by atoms with E-state index < -0.39 is 5.91 Å². The second kappa shape index (κ2) is 6.66. The zero-order valence-electron chi connectivity index (χ0n) is 13.6. The number of nitrogens with zero attached hydrogens (tertiary/aromatic N) is 3. The van der Waals surface area contributed by atoms with E-state index in [0.717, 1.165) is 30.0 Å². The van der Waals surface area contributed by atoms with E-state index in [2.05, 4.69) is 20.2 Å². The molecule has 0 saturated heterocycles. The van der Waals surface area contributed by atoms with Crippen LogP contribution in [0.4, 0.5) is 5.00 Å². The van der Waals surface area contributed by atoms with Gasteiger partial charge in [0, 0.05) is 19.3 Å². The van der Waals surface area contributed by atoms with Crippen molar-refractivity contribution in [1.82, 2.24) is 14.9 Å². The number of rotatable bonds is 4. The number of amides is 2. The number of hydrogen-bond acceptors (Lipinski definition) is 6. The molecule has 0 fully saturated rings. The van der Waals surface area contributed by atoms with Gasteiger partial charge in [-0.05, 0) is 37.3 Å². The summed E-state index contributed by atoms with van der Waals surface area (Å²) in [5.41, 5.74) is 7.77. The molecular formula is C16H19N5O2S. The van der Waals surface area contributed by atoms with Gasteiger partial charge >= 0.3 is 0 Å². The van der Waals surface area contributed by atoms with Crippen LogP contribution in [0.2, 0.25) is 0 Å². The summed E-state index contributed by atoms with van der Waals surface area (Å²) in [5, 5.41) is 5.04. The molecular weight excluding hydrogens is 326 g/mol. The number of hydrogen-bond donors (Lipinski definition) is 2. The summed E-state index contributed by atoms with van der Waals surface area (Å²) >= 11 is 1.29. The molecule has 2 aromatic heterocycles. The number of nitrogens with two attached hydrogens (primary N) is 1. The highest BCUT2D eigenvalue weighted by atomic mass is 32.1. The van der Waals surface area contributed by atoms with Crippen LogP contribution in [0.5, 0.6) is 0 Å². The van der Waals surface area contributed by atoms with E-state index >= 15 is 0 Å². The molecule has 3 rings (SSSR count). The van der Waals surface area contributed by atoms with Crippen LogP contribution in [0.15, 0.2) is 17.6 Å². The lowest BCUT2D eigenvalue weighted by Crippen LogP contribution is -2.45. The predicted molar refractivity (Wildman–Crippen MR) is 91.8 cm³/mol. The van der Waals surface area contributed by atoms with Crippen LogP contribution in [0.25, 0.3) is 0 Å². The summed E-state index contributed by atoms with van der Waals surface area (Å²) in [6.07, 6.45) is 2.68. The van der Waals surface area contributed by atoms with E-state index in [1.165, 1.54) is 11.3 Å². The maximum absolute atomic E-state index is 12.5. The van der Waals surface area contributed by atoms with Gasteiger partial charge in [0.05, 0.1) is 17.3 Å². The Hall–Kier alpha value is -2.32. The van der Waals surface area contributed by atoms with Crippen LogP contribution < -0.4 is 11.1 Å². The first-order valence-corrected chi connectivity index (χ1v) is 8.57. The van der Waals surface area contributed by atoms with Crippen molar-refractivity contribution in [3.05, 3.63) is 40.3 Å². The normalized spacial score (nSPS) is 15.6. The molecule has 2 aromatic rings. The molecule has 1 aliphatic rings. The average Bonchev–Trinajstić information content (AvgIpc) is 3.01. The molecule has 1 atom stereocenters. The zero-order valence-corrected chi connectivity index (χ0v) is 14.4. The third kappa shape index (κ3) is 3.29. The van der Waals surface area contributed by atoms with Crippen LogP contribution in [0, 0.1) is 6.92 Å². The van der Waals surface area contributed by atoms with Crippen LogP contribution in [0.1, 0.15) is 34.4 Å². The van der Waals surface area contributed by atoms with E-state index in [0.29, 0.717) is 17.1 Å². The topological polar surface area (TPSA) is 101 Å². The fourth-order valence-electron chi connectivity index (χ4n) is 2.74. The van der Waals surface area contributed by atoms with Crippen molar-refractivity contribution in [2.75, 3.05) is 11.9 Å². The van der Waals surface area contributed by atoms with Crippen molar-refractivity contribution >= 4 is 28.2 Å². The quantitative estimate of drug-likeness (QED) is 0.870. The molecule has 7 nitrogen and oxygen atoms in total. The van der Waals surface area contributed by atoms with E-state index in [9.17, 15) is 9.59 Å². The third-order valence-electron chi connectivity index (χ3n) is 4.19. The summed E-state index contributed by atoms with van der Waals surface area (Å²) in [6, 6.07) is 1.28. The minimum atomic E-state index is -0.543. The summed E-state index contributed by atoms with van der Waals surface area (Å²) in [6.45, 7) is 5.09. The lowest BCUT2D eigenvalue weighted by atomic mass is 10.0. The summed E-state index contributed by atoms with van der Waals surface area (Å²) in [4.78, 5) is 34.7. The number of anilines is 1. The second-order valence-corrected chi connectivity index (χ2v) is 6.72. The molecule has 0 aromatic carbocycles. The first-order chi connectivity index (χ1) is 11.5. The highest BCUT2D eigenvalue weighted by molar-refractivity contribution is 7.14. The number of thiophene rings is 1. The third-order valence-corrected chi connectivity index (χ3v) is 5.02. The smallest absolute Gasteiger partial charge is 0.251 e. The van der Waals surface area contributed by atoms with Crippen molar-refractivity contribution in [2.45, 2.75) is 32.9 Å². The Morgan fingerprint density at radius 1 is 1.46 bits per heavy atom. The Morgan fingerprint density at radius 2 is 2.25 bits per heavy atom.